The maximum absolute atomic E-state index is 12.3. The number of thiophene rings is 1. The van der Waals surface area contributed by atoms with Crippen LogP contribution in [0, 0.1) is 0 Å². The van der Waals surface area contributed by atoms with E-state index in [1.165, 1.54) is 10.4 Å². The van der Waals surface area contributed by atoms with Crippen molar-refractivity contribution < 1.29 is 13.2 Å². The molecule has 0 aliphatic carbocycles. The molecule has 116 valence electrons. The Bertz CT molecular complexity index is 624. The molecule has 1 atom stereocenters. The number of sulfone groups is 1. The molecule has 1 unspecified atom stereocenters. The highest BCUT2D eigenvalue weighted by Crippen LogP contribution is 2.23. The lowest BCUT2D eigenvalue weighted by molar-refractivity contribution is -0.131. The van der Waals surface area contributed by atoms with Crippen molar-refractivity contribution in [1.82, 2.24) is 10.2 Å². The highest BCUT2D eigenvalue weighted by molar-refractivity contribution is 7.91. The van der Waals surface area contributed by atoms with Gasteiger partial charge in [0, 0.05) is 24.0 Å². The van der Waals surface area contributed by atoms with Crippen LogP contribution in [-0.2, 0) is 27.6 Å². The van der Waals surface area contributed by atoms with Gasteiger partial charge in [-0.3, -0.25) is 4.79 Å². The van der Waals surface area contributed by atoms with Gasteiger partial charge in [-0.2, -0.15) is 0 Å². The molecule has 2 aliphatic rings. The lowest BCUT2D eigenvalue weighted by Gasteiger charge is -2.29. The number of hydrogen-bond acceptors (Lipinski definition) is 5. The van der Waals surface area contributed by atoms with E-state index in [1.807, 2.05) is 4.90 Å². The summed E-state index contributed by atoms with van der Waals surface area (Å²) in [5.41, 5.74) is 1.25. The third-order valence-corrected chi connectivity index (χ3v) is 7.01. The molecule has 2 aliphatic heterocycles. The Morgan fingerprint density at radius 2 is 2.33 bits per heavy atom. The molecular formula is C14H20N2O3S2. The highest BCUT2D eigenvalue weighted by atomic mass is 32.2. The quantitative estimate of drug-likeness (QED) is 0.891. The zero-order valence-corrected chi connectivity index (χ0v) is 13.5. The lowest BCUT2D eigenvalue weighted by Crippen LogP contribution is -2.46. The fourth-order valence-corrected chi connectivity index (χ4v) is 5.55. The van der Waals surface area contributed by atoms with E-state index in [0.29, 0.717) is 13.0 Å². The average Bonchev–Trinajstić information content (AvgIpc) is 2.91. The van der Waals surface area contributed by atoms with Gasteiger partial charge < -0.3 is 10.2 Å². The van der Waals surface area contributed by atoms with Gasteiger partial charge in [0.25, 0.3) is 0 Å². The Hall–Kier alpha value is -0.920. The van der Waals surface area contributed by atoms with E-state index in [-0.39, 0.29) is 30.0 Å². The van der Waals surface area contributed by atoms with E-state index < -0.39 is 9.84 Å². The second-order valence-electron chi connectivity index (χ2n) is 5.77. The molecule has 5 nitrogen and oxygen atoms in total. The van der Waals surface area contributed by atoms with Crippen LogP contribution in [0.25, 0.3) is 0 Å². The number of nitrogens with zero attached hydrogens (tertiary/aromatic N) is 1. The van der Waals surface area contributed by atoms with Gasteiger partial charge in [-0.25, -0.2) is 8.42 Å². The molecule has 1 amide bonds. The zero-order chi connectivity index (χ0) is 14.9. The van der Waals surface area contributed by atoms with Crippen molar-refractivity contribution in [2.45, 2.75) is 31.8 Å². The molecule has 21 heavy (non-hydrogen) atoms. The number of hydrogen-bond donors (Lipinski definition) is 1. The molecule has 1 aromatic heterocycles. The van der Waals surface area contributed by atoms with Gasteiger partial charge >= 0.3 is 0 Å². The van der Waals surface area contributed by atoms with E-state index in [1.54, 1.807) is 11.3 Å². The van der Waals surface area contributed by atoms with E-state index in [0.717, 1.165) is 19.4 Å². The second kappa shape index (κ2) is 6.06. The number of carbonyl (C=O) groups excluding carboxylic acids is 1. The summed E-state index contributed by atoms with van der Waals surface area (Å²) in [6.07, 6.45) is 2.45. The van der Waals surface area contributed by atoms with Gasteiger partial charge in [0.1, 0.15) is 0 Å². The number of rotatable bonds is 3. The SMILES string of the molecule is O=C(CNC1CCCS(=O)(=O)C1)N1CCc2sccc2C1. The van der Waals surface area contributed by atoms with Crippen LogP contribution in [0.5, 0.6) is 0 Å². The van der Waals surface area contributed by atoms with Crippen LogP contribution >= 0.6 is 11.3 Å². The van der Waals surface area contributed by atoms with Crippen LogP contribution in [0.3, 0.4) is 0 Å². The van der Waals surface area contributed by atoms with Crippen molar-refractivity contribution in [2.24, 2.45) is 0 Å². The van der Waals surface area contributed by atoms with Crippen LogP contribution in [0.2, 0.25) is 0 Å². The minimum atomic E-state index is -2.92. The molecule has 0 aromatic carbocycles. The summed E-state index contributed by atoms with van der Waals surface area (Å²) in [4.78, 5) is 15.5. The van der Waals surface area contributed by atoms with E-state index in [2.05, 4.69) is 16.8 Å². The molecule has 0 bridgehead atoms. The molecule has 1 fully saturated rings. The van der Waals surface area contributed by atoms with Crippen molar-refractivity contribution in [3.05, 3.63) is 21.9 Å². The fourth-order valence-electron chi connectivity index (χ4n) is 2.99. The summed E-state index contributed by atoms with van der Waals surface area (Å²) in [6, 6.07) is 2.01. The Morgan fingerprint density at radius 3 is 3.14 bits per heavy atom. The first-order valence-corrected chi connectivity index (χ1v) is 10.0. The maximum Gasteiger partial charge on any atom is 0.236 e. The minimum Gasteiger partial charge on any atom is -0.337 e. The number of carbonyl (C=O) groups is 1. The monoisotopic (exact) mass is 328 g/mol. The Kier molecular flexibility index (Phi) is 4.33. The first-order chi connectivity index (χ1) is 10.0. The number of nitrogens with one attached hydrogen (secondary N) is 1. The number of fused-ring (bicyclic) bond motifs is 1. The van der Waals surface area contributed by atoms with Crippen LogP contribution < -0.4 is 5.32 Å². The third kappa shape index (κ3) is 3.64. The Morgan fingerprint density at radius 1 is 1.48 bits per heavy atom. The minimum absolute atomic E-state index is 0.0646. The first kappa shape index (κ1) is 15.0. The third-order valence-electron chi connectivity index (χ3n) is 4.17. The molecule has 1 aromatic rings. The topological polar surface area (TPSA) is 66.5 Å². The van der Waals surface area contributed by atoms with Crippen LogP contribution in [-0.4, -0.2) is 49.9 Å². The van der Waals surface area contributed by atoms with Crippen LogP contribution in [0.4, 0.5) is 0 Å². The predicted octanol–water partition coefficient (Wildman–Crippen LogP) is 0.800. The smallest absolute Gasteiger partial charge is 0.236 e. The van der Waals surface area contributed by atoms with Gasteiger partial charge in [-0.1, -0.05) is 0 Å². The van der Waals surface area contributed by atoms with E-state index in [9.17, 15) is 13.2 Å². The van der Waals surface area contributed by atoms with Gasteiger partial charge in [0.2, 0.25) is 5.91 Å². The summed E-state index contributed by atoms with van der Waals surface area (Å²) in [7, 11) is -2.92. The molecule has 3 heterocycles. The predicted molar refractivity (Wildman–Crippen MR) is 83.1 cm³/mol. The molecule has 0 spiro atoms. The van der Waals surface area contributed by atoms with Crippen molar-refractivity contribution >= 4 is 27.1 Å². The molecule has 7 heteroatoms. The highest BCUT2D eigenvalue weighted by Gasteiger charge is 2.26. The van der Waals surface area contributed by atoms with Gasteiger partial charge in [0.05, 0.1) is 18.1 Å². The molecule has 3 rings (SSSR count). The van der Waals surface area contributed by atoms with Crippen molar-refractivity contribution in [3.8, 4) is 0 Å². The van der Waals surface area contributed by atoms with Gasteiger partial charge in [0.15, 0.2) is 9.84 Å². The largest absolute Gasteiger partial charge is 0.337 e. The zero-order valence-electron chi connectivity index (χ0n) is 11.9. The summed E-state index contributed by atoms with van der Waals surface area (Å²) < 4.78 is 23.2. The van der Waals surface area contributed by atoms with Crippen molar-refractivity contribution in [1.29, 1.82) is 0 Å². The summed E-state index contributed by atoms with van der Waals surface area (Å²) >= 11 is 1.75. The summed E-state index contributed by atoms with van der Waals surface area (Å²) in [5.74, 6) is 0.510. The lowest BCUT2D eigenvalue weighted by atomic mass is 10.1. The van der Waals surface area contributed by atoms with Gasteiger partial charge in [-0.05, 0) is 36.3 Å². The van der Waals surface area contributed by atoms with Gasteiger partial charge in [-0.15, -0.1) is 11.3 Å². The average molecular weight is 328 g/mol. The standard InChI is InChI=1S/C14H20N2O3S2/c17-14(8-15-12-2-1-7-21(18,19)10-12)16-5-3-13-11(9-16)4-6-20-13/h4,6,12,15H,1-3,5,7-10H2. The van der Waals surface area contributed by atoms with Crippen LogP contribution in [0.15, 0.2) is 11.4 Å². The molecule has 0 radical (unpaired) electrons. The maximum atomic E-state index is 12.3. The summed E-state index contributed by atoms with van der Waals surface area (Å²) in [5, 5.41) is 5.20. The fraction of sp³-hybridized carbons (Fsp3) is 0.643. The molecular weight excluding hydrogens is 308 g/mol. The Balaban J connectivity index is 1.51. The van der Waals surface area contributed by atoms with E-state index in [4.69, 9.17) is 0 Å². The van der Waals surface area contributed by atoms with Crippen molar-refractivity contribution in [2.75, 3.05) is 24.6 Å². The van der Waals surface area contributed by atoms with Crippen molar-refractivity contribution in [3.63, 3.8) is 0 Å². The molecule has 1 saturated heterocycles. The second-order valence-corrected chi connectivity index (χ2v) is 9.00. The molecule has 1 N–H and O–H groups in total. The normalized spacial score (nSPS) is 24.6. The Labute approximate surface area is 129 Å². The van der Waals surface area contributed by atoms with E-state index >= 15 is 0 Å². The first-order valence-electron chi connectivity index (χ1n) is 7.30. The molecule has 0 saturated carbocycles. The summed E-state index contributed by atoms with van der Waals surface area (Å²) in [6.45, 7) is 1.68. The van der Waals surface area contributed by atoms with Crippen LogP contribution in [0.1, 0.15) is 23.3 Å². The number of amides is 1.